The van der Waals surface area contributed by atoms with E-state index in [0.29, 0.717) is 36.1 Å². The average Bonchev–Trinajstić information content (AvgIpc) is 3.67. The van der Waals surface area contributed by atoms with E-state index in [2.05, 4.69) is 44.0 Å². The maximum atomic E-state index is 12.5. The van der Waals surface area contributed by atoms with Crippen molar-refractivity contribution in [3.63, 3.8) is 0 Å². The van der Waals surface area contributed by atoms with Gasteiger partial charge in [0.05, 0.1) is 12.2 Å². The van der Waals surface area contributed by atoms with Crippen molar-refractivity contribution in [2.45, 2.75) is 90.8 Å². The number of ether oxygens (including phenoxy) is 4. The fourth-order valence-electron chi connectivity index (χ4n) is 6.11. The van der Waals surface area contributed by atoms with E-state index in [1.165, 1.54) is 11.1 Å². The molecule has 2 aliphatic heterocycles. The van der Waals surface area contributed by atoms with Crippen LogP contribution >= 0.6 is 0 Å². The minimum absolute atomic E-state index is 0.215. The number of benzene rings is 1. The Morgan fingerprint density at radius 2 is 1.17 bits per heavy atom. The van der Waals surface area contributed by atoms with Gasteiger partial charge in [-0.15, -0.1) is 0 Å². The Hall–Kier alpha value is -4.02. The van der Waals surface area contributed by atoms with Gasteiger partial charge in [0, 0.05) is 37.6 Å². The molecule has 0 saturated carbocycles. The molecular weight excluding hydrogens is 584 g/mol. The molecule has 0 aliphatic carbocycles. The van der Waals surface area contributed by atoms with Crippen LogP contribution in [-0.4, -0.2) is 82.3 Å². The third-order valence-electron chi connectivity index (χ3n) is 8.25. The molecule has 2 atom stereocenters. The molecule has 1 unspecified atom stereocenters. The highest BCUT2D eigenvalue weighted by Gasteiger charge is 2.28. The molecule has 246 valence electrons. The number of rotatable bonds is 14. The molecular formula is C36H46N4O6. The molecule has 0 spiro atoms. The number of likely N-dealkylation sites (tertiary alicyclic amines) is 2. The summed E-state index contributed by atoms with van der Waals surface area (Å²) in [5.41, 5.74) is 3.23. The quantitative estimate of drug-likeness (QED) is 0.206. The van der Waals surface area contributed by atoms with Gasteiger partial charge in [0.25, 0.3) is 0 Å². The van der Waals surface area contributed by atoms with E-state index in [1.807, 2.05) is 27.7 Å². The number of pyridine rings is 2. The van der Waals surface area contributed by atoms with Crippen LogP contribution in [0.3, 0.4) is 0 Å². The van der Waals surface area contributed by atoms with Crippen molar-refractivity contribution in [1.82, 2.24) is 19.8 Å². The van der Waals surface area contributed by atoms with Crippen LogP contribution in [0.25, 0.3) is 0 Å². The fourth-order valence-corrected chi connectivity index (χ4v) is 6.11. The molecule has 2 aromatic heterocycles. The van der Waals surface area contributed by atoms with Gasteiger partial charge in [0.15, 0.2) is 0 Å². The first-order valence-corrected chi connectivity index (χ1v) is 16.4. The lowest BCUT2D eigenvalue weighted by Gasteiger charge is -2.26. The van der Waals surface area contributed by atoms with Crippen LogP contribution in [0.15, 0.2) is 60.9 Å². The van der Waals surface area contributed by atoms with Gasteiger partial charge in [0.1, 0.15) is 24.3 Å². The zero-order valence-electron chi connectivity index (χ0n) is 27.4. The van der Waals surface area contributed by atoms with E-state index >= 15 is 0 Å². The maximum Gasteiger partial charge on any atom is 0.343 e. The van der Waals surface area contributed by atoms with Crippen LogP contribution in [0.2, 0.25) is 0 Å². The van der Waals surface area contributed by atoms with Crippen LogP contribution in [0.5, 0.6) is 11.8 Å². The largest absolute Gasteiger partial charge is 0.475 e. The highest BCUT2D eigenvalue weighted by atomic mass is 16.6. The van der Waals surface area contributed by atoms with E-state index in [-0.39, 0.29) is 24.3 Å². The Kier molecular flexibility index (Phi) is 11.6. The predicted octanol–water partition coefficient (Wildman–Crippen LogP) is 5.69. The SMILES string of the molecule is CC(C)OC(=O)c1cccnc1OCC1CCCN1Cc1cccc(CN2CCC[C@H]2COc2ncccc2C(=O)OC(C)C)c1. The molecule has 0 N–H and O–H groups in total. The van der Waals surface area contributed by atoms with Gasteiger partial charge in [0.2, 0.25) is 11.8 Å². The van der Waals surface area contributed by atoms with Crippen LogP contribution in [0.1, 0.15) is 85.2 Å². The first-order valence-electron chi connectivity index (χ1n) is 16.4. The van der Waals surface area contributed by atoms with Gasteiger partial charge in [-0.2, -0.15) is 0 Å². The summed E-state index contributed by atoms with van der Waals surface area (Å²) in [6.07, 6.45) is 7.09. The summed E-state index contributed by atoms with van der Waals surface area (Å²) in [4.78, 5) is 38.6. The summed E-state index contributed by atoms with van der Waals surface area (Å²) < 4.78 is 23.0. The maximum absolute atomic E-state index is 12.5. The van der Waals surface area contributed by atoms with Crippen molar-refractivity contribution >= 4 is 11.9 Å². The topological polar surface area (TPSA) is 103 Å². The second-order valence-electron chi connectivity index (χ2n) is 12.6. The fraction of sp³-hybridized carbons (Fsp3) is 0.500. The highest BCUT2D eigenvalue weighted by Crippen LogP contribution is 2.26. The standard InChI is InChI=1S/C36H46N4O6/c1-25(2)45-35(41)31-14-6-16-37-33(31)43-23-29-12-8-18-39(29)21-27-10-5-11-28(20-27)22-40-19-9-13-30(40)24-44-34-32(15-7-17-38-34)36(42)46-26(3)4/h5-7,10-11,14-17,20,25-26,29-30H,8-9,12-13,18-19,21-24H2,1-4H3/t29-,30?/m0/s1. The van der Waals surface area contributed by atoms with Crippen molar-refractivity contribution in [3.8, 4) is 11.8 Å². The van der Waals surface area contributed by atoms with E-state index in [1.54, 1.807) is 36.7 Å². The molecule has 1 aromatic carbocycles. The molecule has 4 heterocycles. The van der Waals surface area contributed by atoms with Gasteiger partial charge in [-0.05, 0) is 102 Å². The Balaban J connectivity index is 1.16. The first kappa shape index (κ1) is 33.3. The summed E-state index contributed by atoms with van der Waals surface area (Å²) in [7, 11) is 0. The monoisotopic (exact) mass is 630 g/mol. The summed E-state index contributed by atoms with van der Waals surface area (Å²) in [5, 5.41) is 0. The summed E-state index contributed by atoms with van der Waals surface area (Å²) in [6.45, 7) is 11.9. The number of hydrogen-bond acceptors (Lipinski definition) is 10. The highest BCUT2D eigenvalue weighted by molar-refractivity contribution is 5.92. The molecule has 3 aromatic rings. The third kappa shape index (κ3) is 9.04. The van der Waals surface area contributed by atoms with Crippen molar-refractivity contribution in [2.24, 2.45) is 0 Å². The molecule has 0 radical (unpaired) electrons. The Labute approximate surface area is 272 Å². The molecule has 10 heteroatoms. The molecule has 0 amide bonds. The molecule has 46 heavy (non-hydrogen) atoms. The second kappa shape index (κ2) is 16.0. The van der Waals surface area contributed by atoms with Crippen LogP contribution in [-0.2, 0) is 22.6 Å². The molecule has 5 rings (SSSR count). The minimum atomic E-state index is -0.419. The van der Waals surface area contributed by atoms with Crippen molar-refractivity contribution in [2.75, 3.05) is 26.3 Å². The first-order chi connectivity index (χ1) is 22.3. The van der Waals surface area contributed by atoms with Crippen molar-refractivity contribution in [3.05, 3.63) is 83.2 Å². The summed E-state index contributed by atoms with van der Waals surface area (Å²) in [6, 6.07) is 16.1. The van der Waals surface area contributed by atoms with Crippen LogP contribution in [0.4, 0.5) is 0 Å². The summed E-state index contributed by atoms with van der Waals surface area (Å²) >= 11 is 0. The molecule has 2 fully saturated rings. The van der Waals surface area contributed by atoms with Gasteiger partial charge in [-0.25, -0.2) is 19.6 Å². The summed E-state index contributed by atoms with van der Waals surface area (Å²) in [5.74, 6) is -0.197. The number of nitrogens with zero attached hydrogens (tertiary/aromatic N) is 4. The molecule has 2 aliphatic rings. The van der Waals surface area contributed by atoms with Crippen molar-refractivity contribution in [1.29, 1.82) is 0 Å². The van der Waals surface area contributed by atoms with E-state index in [9.17, 15) is 9.59 Å². The number of carbonyl (C=O) groups is 2. The second-order valence-corrected chi connectivity index (χ2v) is 12.6. The third-order valence-corrected chi connectivity index (χ3v) is 8.25. The van der Waals surface area contributed by atoms with E-state index < -0.39 is 11.9 Å². The van der Waals surface area contributed by atoms with E-state index in [4.69, 9.17) is 18.9 Å². The average molecular weight is 631 g/mol. The number of aromatic nitrogens is 2. The zero-order chi connectivity index (χ0) is 32.5. The van der Waals surface area contributed by atoms with Gasteiger partial charge < -0.3 is 18.9 Å². The number of esters is 2. The van der Waals surface area contributed by atoms with Gasteiger partial charge in [-0.1, -0.05) is 24.3 Å². The van der Waals surface area contributed by atoms with E-state index in [0.717, 1.165) is 51.9 Å². The Morgan fingerprint density at radius 3 is 1.61 bits per heavy atom. The van der Waals surface area contributed by atoms with Crippen LogP contribution in [0, 0.1) is 0 Å². The lowest BCUT2D eigenvalue weighted by Crippen LogP contribution is -2.34. The predicted molar refractivity (Wildman–Crippen MR) is 174 cm³/mol. The Bertz CT molecular complexity index is 1360. The molecule has 2 saturated heterocycles. The normalized spacial score (nSPS) is 18.7. The lowest BCUT2D eigenvalue weighted by atomic mass is 10.1. The van der Waals surface area contributed by atoms with Gasteiger partial charge >= 0.3 is 11.9 Å². The minimum Gasteiger partial charge on any atom is -0.475 e. The van der Waals surface area contributed by atoms with Crippen molar-refractivity contribution < 1.29 is 28.5 Å². The molecule has 10 nitrogen and oxygen atoms in total. The Morgan fingerprint density at radius 1 is 0.717 bits per heavy atom. The smallest absolute Gasteiger partial charge is 0.343 e. The lowest BCUT2D eigenvalue weighted by molar-refractivity contribution is 0.0359. The number of hydrogen-bond donors (Lipinski definition) is 0. The number of carbonyl (C=O) groups excluding carboxylic acids is 2. The molecule has 0 bridgehead atoms. The zero-order valence-corrected chi connectivity index (χ0v) is 27.4. The van der Waals surface area contributed by atoms with Gasteiger partial charge in [-0.3, -0.25) is 9.80 Å². The van der Waals surface area contributed by atoms with Crippen LogP contribution < -0.4 is 9.47 Å².